The van der Waals surface area contributed by atoms with Crippen molar-refractivity contribution in [1.82, 2.24) is 15.1 Å². The van der Waals surface area contributed by atoms with E-state index in [1.165, 1.54) is 0 Å². The molecule has 0 spiro atoms. The molecule has 2 fully saturated rings. The summed E-state index contributed by atoms with van der Waals surface area (Å²) in [5.41, 5.74) is 2.30. The maximum atomic E-state index is 13.7. The van der Waals surface area contributed by atoms with Gasteiger partial charge >= 0.3 is 0 Å². The van der Waals surface area contributed by atoms with Crippen molar-refractivity contribution in [2.24, 2.45) is 0 Å². The molecule has 2 saturated heterocycles. The van der Waals surface area contributed by atoms with Crippen LogP contribution >= 0.6 is 35.6 Å². The van der Waals surface area contributed by atoms with Crippen LogP contribution in [0.5, 0.6) is 0 Å². The highest BCUT2D eigenvalue weighted by Crippen LogP contribution is 2.45. The number of nitrogens with zero attached hydrogens (tertiary/aromatic N) is 2. The van der Waals surface area contributed by atoms with Crippen LogP contribution < -0.4 is 5.32 Å². The van der Waals surface area contributed by atoms with Crippen molar-refractivity contribution in [3.05, 3.63) is 106 Å². The number of hydrogen-bond donors (Lipinski definition) is 1. The van der Waals surface area contributed by atoms with Crippen molar-refractivity contribution in [2.75, 3.05) is 26.2 Å². The highest BCUT2D eigenvalue weighted by atomic mass is 35.5. The summed E-state index contributed by atoms with van der Waals surface area (Å²) < 4.78 is 0. The second-order valence-electron chi connectivity index (χ2n) is 11.6. The Labute approximate surface area is 266 Å². The summed E-state index contributed by atoms with van der Waals surface area (Å²) >= 11 is 13.0. The molecule has 3 aromatic rings. The molecule has 8 heteroatoms. The van der Waals surface area contributed by atoms with E-state index in [0.29, 0.717) is 22.2 Å². The fraction of sp³-hybridized carbons (Fsp3) is 0.412. The quantitative estimate of drug-likeness (QED) is 0.295. The van der Waals surface area contributed by atoms with Crippen LogP contribution in [0.3, 0.4) is 0 Å². The van der Waals surface area contributed by atoms with E-state index in [1.54, 1.807) is 6.92 Å². The Balaban J connectivity index is 0.00000405. The number of rotatable bonds is 7. The Morgan fingerprint density at radius 3 is 2.10 bits per heavy atom. The first-order valence-electron chi connectivity index (χ1n) is 14.7. The molecule has 2 amide bonds. The second-order valence-corrected chi connectivity index (χ2v) is 12.4. The fourth-order valence-electron chi connectivity index (χ4n) is 7.32. The summed E-state index contributed by atoms with van der Waals surface area (Å²) in [5, 5.41) is 4.39. The monoisotopic (exact) mass is 627 g/mol. The van der Waals surface area contributed by atoms with E-state index in [0.717, 1.165) is 62.9 Å². The van der Waals surface area contributed by atoms with E-state index in [-0.39, 0.29) is 41.2 Å². The lowest BCUT2D eigenvalue weighted by atomic mass is 9.66. The smallest absolute Gasteiger partial charge is 0.253 e. The van der Waals surface area contributed by atoms with E-state index in [2.05, 4.69) is 35.3 Å². The van der Waals surface area contributed by atoms with Gasteiger partial charge in [0, 0.05) is 50.1 Å². The minimum absolute atomic E-state index is 0. The Morgan fingerprint density at radius 2 is 1.50 bits per heavy atom. The highest BCUT2D eigenvalue weighted by molar-refractivity contribution is 6.42. The maximum absolute atomic E-state index is 13.7. The van der Waals surface area contributed by atoms with Crippen molar-refractivity contribution in [3.8, 4) is 0 Å². The summed E-state index contributed by atoms with van der Waals surface area (Å²) in [6.07, 6.45) is 4.41. The SMILES string of the molecule is CCC(N1CCC(NC(C)=O)(c2ccccc2)CC1)C1(c2ccc(Cl)c(Cl)c2)CCCN(C(=O)c2ccccc2)C1.Cl. The van der Waals surface area contributed by atoms with Crippen molar-refractivity contribution in [3.63, 3.8) is 0 Å². The summed E-state index contributed by atoms with van der Waals surface area (Å²) in [4.78, 5) is 30.6. The van der Waals surface area contributed by atoms with Crippen LogP contribution in [0.15, 0.2) is 78.9 Å². The molecule has 2 aliphatic heterocycles. The summed E-state index contributed by atoms with van der Waals surface area (Å²) in [6, 6.07) is 26.1. The lowest BCUT2D eigenvalue weighted by molar-refractivity contribution is -0.122. The number of nitrogens with one attached hydrogen (secondary N) is 1. The van der Waals surface area contributed by atoms with Gasteiger partial charge < -0.3 is 10.2 Å². The molecular formula is C34H40Cl3N3O2. The number of carbonyl (C=O) groups is 2. The zero-order valence-electron chi connectivity index (χ0n) is 24.3. The second kappa shape index (κ2) is 13.8. The zero-order valence-corrected chi connectivity index (χ0v) is 26.7. The van der Waals surface area contributed by atoms with Crippen LogP contribution in [-0.4, -0.2) is 53.8 Å². The van der Waals surface area contributed by atoms with Crippen molar-refractivity contribution >= 4 is 47.4 Å². The van der Waals surface area contributed by atoms with Gasteiger partial charge in [-0.05, 0) is 67.5 Å². The number of hydrogen-bond acceptors (Lipinski definition) is 3. The Morgan fingerprint density at radius 1 is 0.857 bits per heavy atom. The topological polar surface area (TPSA) is 52.7 Å². The summed E-state index contributed by atoms with van der Waals surface area (Å²) in [7, 11) is 0. The minimum Gasteiger partial charge on any atom is -0.347 e. The number of benzene rings is 3. The van der Waals surface area contributed by atoms with E-state index in [4.69, 9.17) is 23.2 Å². The van der Waals surface area contributed by atoms with Gasteiger partial charge in [-0.15, -0.1) is 12.4 Å². The Hall–Kier alpha value is -2.57. The molecule has 2 aliphatic rings. The Bertz CT molecular complexity index is 1360. The first-order chi connectivity index (χ1) is 19.8. The normalized spacial score (nSPS) is 21.2. The molecular weight excluding hydrogens is 589 g/mol. The summed E-state index contributed by atoms with van der Waals surface area (Å²) in [6.45, 7) is 6.86. The van der Waals surface area contributed by atoms with Gasteiger partial charge in [-0.25, -0.2) is 0 Å². The number of carbonyl (C=O) groups excluding carboxylic acids is 2. The average Bonchev–Trinajstić information content (AvgIpc) is 3.00. The van der Waals surface area contributed by atoms with Crippen LogP contribution in [-0.2, 0) is 15.7 Å². The van der Waals surface area contributed by atoms with Gasteiger partial charge in [0.25, 0.3) is 5.91 Å². The standard InChI is InChI=1S/C34H39Cl2N3O2.ClH/c1-3-31(38-21-18-34(19-22-38,37-25(2)40)27-13-8-5-9-14-27)33(28-15-16-29(35)30(36)23-28)17-10-20-39(24-33)32(41)26-11-6-4-7-12-26;/h4-9,11-16,23,31H,3,10,17-22,24H2,1-2H3,(H,37,40);1H. The molecule has 0 bridgehead atoms. The van der Waals surface area contributed by atoms with Crippen molar-refractivity contribution in [1.29, 1.82) is 0 Å². The molecule has 42 heavy (non-hydrogen) atoms. The van der Waals surface area contributed by atoms with Crippen LogP contribution in [0.1, 0.15) is 67.4 Å². The average molecular weight is 629 g/mol. The van der Waals surface area contributed by atoms with Gasteiger partial charge in [0.2, 0.25) is 5.91 Å². The van der Waals surface area contributed by atoms with E-state index in [9.17, 15) is 9.59 Å². The summed E-state index contributed by atoms with van der Waals surface area (Å²) in [5.74, 6) is 0.0564. The van der Waals surface area contributed by atoms with Gasteiger partial charge in [0.1, 0.15) is 0 Å². The lowest BCUT2D eigenvalue weighted by Gasteiger charge is -2.54. The third-order valence-corrected chi connectivity index (χ3v) is 9.92. The molecule has 2 unspecified atom stereocenters. The lowest BCUT2D eigenvalue weighted by Crippen LogP contribution is -2.62. The molecule has 0 radical (unpaired) electrons. The van der Waals surface area contributed by atoms with Crippen LogP contribution in [0, 0.1) is 0 Å². The molecule has 224 valence electrons. The minimum atomic E-state index is -0.388. The maximum Gasteiger partial charge on any atom is 0.253 e. The number of halogens is 3. The van der Waals surface area contributed by atoms with Gasteiger partial charge in [0.05, 0.1) is 15.6 Å². The molecule has 1 N–H and O–H groups in total. The third kappa shape index (κ3) is 6.50. The molecule has 0 saturated carbocycles. The first-order valence-corrected chi connectivity index (χ1v) is 15.4. The van der Waals surface area contributed by atoms with Crippen molar-refractivity contribution < 1.29 is 9.59 Å². The predicted octanol–water partition coefficient (Wildman–Crippen LogP) is 7.50. The van der Waals surface area contributed by atoms with Crippen molar-refractivity contribution in [2.45, 2.75) is 62.9 Å². The van der Waals surface area contributed by atoms with Crippen LogP contribution in [0.4, 0.5) is 0 Å². The van der Waals surface area contributed by atoms with Gasteiger partial charge in [0.15, 0.2) is 0 Å². The fourth-order valence-corrected chi connectivity index (χ4v) is 7.62. The molecule has 3 aromatic carbocycles. The largest absolute Gasteiger partial charge is 0.347 e. The molecule has 2 heterocycles. The molecule has 0 aliphatic carbocycles. The third-order valence-electron chi connectivity index (χ3n) is 9.19. The predicted molar refractivity (Wildman–Crippen MR) is 174 cm³/mol. The Kier molecular flexibility index (Phi) is 10.6. The van der Waals surface area contributed by atoms with Crippen LogP contribution in [0.25, 0.3) is 0 Å². The van der Waals surface area contributed by atoms with Gasteiger partial charge in [-0.2, -0.15) is 0 Å². The molecule has 0 aromatic heterocycles. The van der Waals surface area contributed by atoms with Gasteiger partial charge in [-0.1, -0.05) is 84.7 Å². The van der Waals surface area contributed by atoms with E-state index in [1.807, 2.05) is 65.6 Å². The number of piperidine rings is 2. The molecule has 5 rings (SSSR count). The zero-order chi connectivity index (χ0) is 29.0. The number of likely N-dealkylation sites (tertiary alicyclic amines) is 2. The van der Waals surface area contributed by atoms with E-state index < -0.39 is 0 Å². The highest BCUT2D eigenvalue weighted by Gasteiger charge is 2.48. The first kappa shape index (κ1) is 32.3. The van der Waals surface area contributed by atoms with Crippen LogP contribution in [0.2, 0.25) is 10.0 Å². The molecule has 5 nitrogen and oxygen atoms in total. The van der Waals surface area contributed by atoms with Gasteiger partial charge in [-0.3, -0.25) is 14.5 Å². The number of amides is 2. The molecule has 2 atom stereocenters. The van der Waals surface area contributed by atoms with E-state index >= 15 is 0 Å².